The summed E-state index contributed by atoms with van der Waals surface area (Å²) in [6.45, 7) is 0. The van der Waals surface area contributed by atoms with Crippen LogP contribution in [-0.2, 0) is 0 Å². The molecule has 0 unspecified atom stereocenters. The van der Waals surface area contributed by atoms with Crippen LogP contribution < -0.4 is 21.3 Å². The van der Waals surface area contributed by atoms with Gasteiger partial charge in [0.15, 0.2) is 0 Å². The molecule has 0 aliphatic carbocycles. The maximum Gasteiger partial charge on any atom is 0.210 e. The smallest absolute Gasteiger partial charge is 0.210 e. The van der Waals surface area contributed by atoms with Gasteiger partial charge in [-0.1, -0.05) is 11.6 Å². The first-order valence-electron chi connectivity index (χ1n) is 4.25. The number of guanidine groups is 1. The molecule has 15 heavy (non-hydrogen) atoms. The van der Waals surface area contributed by atoms with Crippen molar-refractivity contribution in [1.82, 2.24) is 5.43 Å². The third-order valence-corrected chi connectivity index (χ3v) is 2.01. The molecule has 0 radical (unpaired) electrons. The van der Waals surface area contributed by atoms with E-state index in [1.807, 2.05) is 0 Å². The summed E-state index contributed by atoms with van der Waals surface area (Å²) in [5.41, 5.74) is 3.11. The van der Waals surface area contributed by atoms with E-state index in [1.165, 1.54) is 0 Å². The van der Waals surface area contributed by atoms with Gasteiger partial charge in [0, 0.05) is 12.1 Å². The molecule has 4 N–H and O–H groups in total. The minimum absolute atomic E-state index is 0.426. The monoisotopic (exact) mass is 228 g/mol. The van der Waals surface area contributed by atoms with Gasteiger partial charge in [-0.25, -0.2) is 5.84 Å². The second kappa shape index (κ2) is 5.43. The van der Waals surface area contributed by atoms with Gasteiger partial charge in [-0.05, 0) is 18.2 Å². The molecule has 82 valence electrons. The fourth-order valence-electron chi connectivity index (χ4n) is 1.06. The highest BCUT2D eigenvalue weighted by Gasteiger charge is 2.05. The molecular weight excluding hydrogens is 216 g/mol. The van der Waals surface area contributed by atoms with E-state index in [-0.39, 0.29) is 0 Å². The number of hydrogen-bond acceptors (Lipinski definition) is 3. The average Bonchev–Trinajstić information content (AvgIpc) is 2.26. The Bertz CT molecular complexity index is 367. The molecule has 0 heterocycles. The van der Waals surface area contributed by atoms with E-state index in [1.54, 1.807) is 32.4 Å². The standard InChI is InChI=1S/C9H13ClN4O/c1-12-9(14-11)13-7-5-6(10)3-4-8(7)15-2/h3-5H,11H2,1-2H3,(H2,12,13,14). The molecule has 0 fully saturated rings. The van der Waals surface area contributed by atoms with E-state index >= 15 is 0 Å². The number of nitrogens with two attached hydrogens (primary N) is 1. The number of aliphatic imine (C=N–C) groups is 1. The first-order chi connectivity index (χ1) is 7.21. The zero-order valence-electron chi connectivity index (χ0n) is 8.54. The number of hydrogen-bond donors (Lipinski definition) is 3. The lowest BCUT2D eigenvalue weighted by Crippen LogP contribution is -2.36. The van der Waals surface area contributed by atoms with E-state index in [4.69, 9.17) is 22.2 Å². The number of rotatable bonds is 2. The average molecular weight is 229 g/mol. The lowest BCUT2D eigenvalue weighted by atomic mass is 10.3. The van der Waals surface area contributed by atoms with Crippen LogP contribution in [0.3, 0.4) is 0 Å². The molecule has 0 atom stereocenters. The molecule has 0 spiro atoms. The van der Waals surface area contributed by atoms with Crippen molar-refractivity contribution in [3.63, 3.8) is 0 Å². The Balaban J connectivity index is 2.96. The van der Waals surface area contributed by atoms with Gasteiger partial charge in [0.05, 0.1) is 12.8 Å². The van der Waals surface area contributed by atoms with Crippen LogP contribution in [0.4, 0.5) is 5.69 Å². The number of benzene rings is 1. The van der Waals surface area contributed by atoms with Crippen molar-refractivity contribution in [2.75, 3.05) is 19.5 Å². The molecule has 5 nitrogen and oxygen atoms in total. The maximum absolute atomic E-state index is 5.86. The van der Waals surface area contributed by atoms with E-state index in [2.05, 4.69) is 15.7 Å². The summed E-state index contributed by atoms with van der Waals surface area (Å²) in [6, 6.07) is 5.22. The van der Waals surface area contributed by atoms with Crippen LogP contribution in [0.1, 0.15) is 0 Å². The fraction of sp³-hybridized carbons (Fsp3) is 0.222. The zero-order valence-corrected chi connectivity index (χ0v) is 9.30. The zero-order chi connectivity index (χ0) is 11.3. The second-order valence-corrected chi connectivity index (χ2v) is 3.12. The summed E-state index contributed by atoms with van der Waals surface area (Å²) < 4.78 is 5.15. The van der Waals surface area contributed by atoms with Gasteiger partial charge in [-0.3, -0.25) is 10.4 Å². The van der Waals surface area contributed by atoms with Crippen LogP contribution in [0, 0.1) is 0 Å². The van der Waals surface area contributed by atoms with Gasteiger partial charge in [-0.2, -0.15) is 0 Å². The van der Waals surface area contributed by atoms with Crippen LogP contribution in [-0.4, -0.2) is 20.1 Å². The summed E-state index contributed by atoms with van der Waals surface area (Å²) in [4.78, 5) is 3.88. The van der Waals surface area contributed by atoms with Crippen molar-refractivity contribution in [2.45, 2.75) is 0 Å². The molecular formula is C9H13ClN4O. The van der Waals surface area contributed by atoms with Crippen LogP contribution >= 0.6 is 11.6 Å². The Hall–Kier alpha value is -1.46. The van der Waals surface area contributed by atoms with Crippen molar-refractivity contribution >= 4 is 23.2 Å². The van der Waals surface area contributed by atoms with Crippen LogP contribution in [0.2, 0.25) is 5.02 Å². The maximum atomic E-state index is 5.86. The molecule has 1 rings (SSSR count). The topological polar surface area (TPSA) is 71.7 Å². The molecule has 0 saturated heterocycles. The van der Waals surface area contributed by atoms with Crippen LogP contribution in [0.5, 0.6) is 5.75 Å². The van der Waals surface area contributed by atoms with Crippen LogP contribution in [0.15, 0.2) is 23.2 Å². The Morgan fingerprint density at radius 3 is 2.80 bits per heavy atom. The third kappa shape index (κ3) is 3.00. The van der Waals surface area contributed by atoms with Crippen molar-refractivity contribution in [3.8, 4) is 5.75 Å². The van der Waals surface area contributed by atoms with Crippen molar-refractivity contribution in [3.05, 3.63) is 23.2 Å². The number of halogens is 1. The number of hydrazine groups is 1. The van der Waals surface area contributed by atoms with Gasteiger partial charge >= 0.3 is 0 Å². The number of nitrogens with zero attached hydrogens (tertiary/aromatic N) is 1. The van der Waals surface area contributed by atoms with E-state index in [0.717, 1.165) is 0 Å². The molecule has 0 saturated carbocycles. The minimum atomic E-state index is 0.426. The van der Waals surface area contributed by atoms with E-state index < -0.39 is 0 Å². The number of methoxy groups -OCH3 is 1. The first-order valence-corrected chi connectivity index (χ1v) is 4.63. The minimum Gasteiger partial charge on any atom is -0.495 e. The largest absolute Gasteiger partial charge is 0.495 e. The molecule has 6 heteroatoms. The fourth-order valence-corrected chi connectivity index (χ4v) is 1.23. The summed E-state index contributed by atoms with van der Waals surface area (Å²) >= 11 is 5.86. The van der Waals surface area contributed by atoms with Gasteiger partial charge in [0.25, 0.3) is 0 Å². The number of anilines is 1. The molecule has 0 aliphatic rings. The predicted molar refractivity (Wildman–Crippen MR) is 62.3 cm³/mol. The van der Waals surface area contributed by atoms with Crippen molar-refractivity contribution in [2.24, 2.45) is 10.8 Å². The predicted octanol–water partition coefficient (Wildman–Crippen LogP) is 1.21. The summed E-state index contributed by atoms with van der Waals surface area (Å²) in [5.74, 6) is 6.33. The molecule has 0 bridgehead atoms. The Kier molecular flexibility index (Phi) is 4.20. The summed E-state index contributed by atoms with van der Waals surface area (Å²) in [7, 11) is 3.19. The lowest BCUT2D eigenvalue weighted by molar-refractivity contribution is 0.417. The quantitative estimate of drug-likeness (QED) is 0.308. The van der Waals surface area contributed by atoms with E-state index in [0.29, 0.717) is 22.4 Å². The van der Waals surface area contributed by atoms with Gasteiger partial charge in [-0.15, -0.1) is 0 Å². The molecule has 1 aromatic rings. The molecule has 0 aliphatic heterocycles. The Labute approximate surface area is 93.2 Å². The number of ether oxygens (including phenoxy) is 1. The Morgan fingerprint density at radius 2 is 2.27 bits per heavy atom. The number of nitrogens with one attached hydrogen (secondary N) is 2. The van der Waals surface area contributed by atoms with Gasteiger partial charge in [0.2, 0.25) is 5.96 Å². The molecule has 0 aromatic heterocycles. The molecule has 0 amide bonds. The van der Waals surface area contributed by atoms with Gasteiger partial charge in [0.1, 0.15) is 5.75 Å². The van der Waals surface area contributed by atoms with Crippen LogP contribution in [0.25, 0.3) is 0 Å². The van der Waals surface area contributed by atoms with Crippen molar-refractivity contribution < 1.29 is 4.74 Å². The SMILES string of the molecule is CN=C(NN)Nc1cc(Cl)ccc1OC. The second-order valence-electron chi connectivity index (χ2n) is 2.69. The highest BCUT2D eigenvalue weighted by atomic mass is 35.5. The first kappa shape index (κ1) is 11.6. The van der Waals surface area contributed by atoms with Crippen molar-refractivity contribution in [1.29, 1.82) is 0 Å². The highest BCUT2D eigenvalue weighted by molar-refractivity contribution is 6.31. The third-order valence-electron chi connectivity index (χ3n) is 1.77. The summed E-state index contributed by atoms with van der Waals surface area (Å²) in [5, 5.41) is 3.55. The van der Waals surface area contributed by atoms with E-state index in [9.17, 15) is 0 Å². The Morgan fingerprint density at radius 1 is 1.53 bits per heavy atom. The summed E-state index contributed by atoms with van der Waals surface area (Å²) in [6.07, 6.45) is 0. The highest BCUT2D eigenvalue weighted by Crippen LogP contribution is 2.27. The molecule has 1 aromatic carbocycles. The lowest BCUT2D eigenvalue weighted by Gasteiger charge is -2.12. The van der Waals surface area contributed by atoms with Gasteiger partial charge < -0.3 is 10.1 Å². The normalized spacial score (nSPS) is 11.1.